The number of terminal acetylenes is 1. The Kier molecular flexibility index (Phi) is 2.83. The minimum Gasteiger partial charge on any atom is -0.338 e. The summed E-state index contributed by atoms with van der Waals surface area (Å²) in [5, 5.41) is 3.70. The second-order valence-corrected chi connectivity index (χ2v) is 2.42. The molecule has 64 valence electrons. The molecule has 0 radical (unpaired) electrons. The van der Waals surface area contributed by atoms with Gasteiger partial charge in [-0.1, -0.05) is 12.1 Å². The summed E-state index contributed by atoms with van der Waals surface area (Å²) in [6, 6.07) is -0.331. The third kappa shape index (κ3) is 1.83. The zero-order valence-corrected chi connectivity index (χ0v) is 6.95. The maximum Gasteiger partial charge on any atom is 0.244 e. The molecule has 1 rings (SSSR count). The van der Waals surface area contributed by atoms with E-state index in [0.29, 0.717) is 18.1 Å². The van der Waals surface area contributed by atoms with Gasteiger partial charge in [-0.15, -0.1) is 12.3 Å². The molecule has 0 aromatic carbocycles. The first-order valence-electron chi connectivity index (χ1n) is 3.79. The van der Waals surface area contributed by atoms with Crippen molar-refractivity contribution in [1.29, 1.82) is 0 Å². The van der Waals surface area contributed by atoms with E-state index in [1.54, 1.807) is 0 Å². The number of nitrogens with zero attached hydrogens (tertiary/aromatic N) is 2. The lowest BCUT2D eigenvalue weighted by Crippen LogP contribution is -2.09. The van der Waals surface area contributed by atoms with Gasteiger partial charge in [0.05, 0.1) is 6.04 Å². The van der Waals surface area contributed by atoms with Gasteiger partial charge in [0, 0.05) is 12.8 Å². The van der Waals surface area contributed by atoms with Crippen LogP contribution in [0.1, 0.15) is 31.1 Å². The highest BCUT2D eigenvalue weighted by Gasteiger charge is 2.12. The first-order chi connectivity index (χ1) is 5.77. The third-order valence-corrected chi connectivity index (χ3v) is 1.45. The fraction of sp³-hybridized carbons (Fsp3) is 0.500. The largest absolute Gasteiger partial charge is 0.338 e. The number of aromatic nitrogens is 2. The van der Waals surface area contributed by atoms with E-state index >= 15 is 0 Å². The van der Waals surface area contributed by atoms with E-state index in [9.17, 15) is 0 Å². The Morgan fingerprint density at radius 2 is 2.50 bits per heavy atom. The van der Waals surface area contributed by atoms with Crippen molar-refractivity contribution in [3.63, 3.8) is 0 Å². The van der Waals surface area contributed by atoms with E-state index in [1.807, 2.05) is 6.92 Å². The van der Waals surface area contributed by atoms with Crippen LogP contribution in [0, 0.1) is 12.3 Å². The van der Waals surface area contributed by atoms with E-state index < -0.39 is 0 Å². The van der Waals surface area contributed by atoms with Gasteiger partial charge < -0.3 is 10.3 Å². The lowest BCUT2D eigenvalue weighted by atomic mass is 10.2. The minimum absolute atomic E-state index is 0.331. The Hall–Kier alpha value is -1.34. The van der Waals surface area contributed by atoms with Gasteiger partial charge in [0.25, 0.3) is 0 Å². The predicted octanol–water partition coefficient (Wildman–Crippen LogP) is 0.655. The molecule has 12 heavy (non-hydrogen) atoms. The molecule has 1 aromatic heterocycles. The SMILES string of the molecule is C#CCC(N)c1nc(CC)no1. The highest BCUT2D eigenvalue weighted by molar-refractivity contribution is 4.98. The monoisotopic (exact) mass is 165 g/mol. The van der Waals surface area contributed by atoms with Crippen molar-refractivity contribution in [2.75, 3.05) is 0 Å². The van der Waals surface area contributed by atoms with Crippen LogP contribution in [0.4, 0.5) is 0 Å². The van der Waals surface area contributed by atoms with Crippen LogP contribution in [0.3, 0.4) is 0 Å². The summed E-state index contributed by atoms with van der Waals surface area (Å²) in [7, 11) is 0. The second kappa shape index (κ2) is 3.88. The quantitative estimate of drug-likeness (QED) is 0.668. The van der Waals surface area contributed by atoms with Gasteiger partial charge in [-0.2, -0.15) is 4.98 Å². The zero-order valence-electron chi connectivity index (χ0n) is 6.95. The van der Waals surface area contributed by atoms with Crippen molar-refractivity contribution < 1.29 is 4.52 Å². The fourth-order valence-corrected chi connectivity index (χ4v) is 0.776. The van der Waals surface area contributed by atoms with Gasteiger partial charge in [0.2, 0.25) is 5.89 Å². The Morgan fingerprint density at radius 3 is 3.00 bits per heavy atom. The van der Waals surface area contributed by atoms with Crippen LogP contribution in [-0.2, 0) is 6.42 Å². The zero-order chi connectivity index (χ0) is 8.97. The molecule has 1 heterocycles. The summed E-state index contributed by atoms with van der Waals surface area (Å²) >= 11 is 0. The third-order valence-electron chi connectivity index (χ3n) is 1.45. The number of hydrogen-bond donors (Lipinski definition) is 1. The highest BCUT2D eigenvalue weighted by Crippen LogP contribution is 2.10. The maximum atomic E-state index is 5.63. The summed E-state index contributed by atoms with van der Waals surface area (Å²) in [5.41, 5.74) is 5.63. The Morgan fingerprint density at radius 1 is 1.75 bits per heavy atom. The predicted molar refractivity (Wildman–Crippen MR) is 44.1 cm³/mol. The summed E-state index contributed by atoms with van der Waals surface area (Å²) in [5.74, 6) is 3.53. The van der Waals surface area contributed by atoms with E-state index in [1.165, 1.54) is 0 Å². The Balaban J connectivity index is 2.69. The van der Waals surface area contributed by atoms with E-state index in [4.69, 9.17) is 16.7 Å². The standard InChI is InChI=1S/C8H11N3O/c1-3-5-6(9)8-10-7(4-2)11-12-8/h1,6H,4-5,9H2,2H3. The average molecular weight is 165 g/mol. The highest BCUT2D eigenvalue weighted by atomic mass is 16.5. The molecule has 0 spiro atoms. The first kappa shape index (κ1) is 8.75. The van der Waals surface area contributed by atoms with Crippen LogP contribution < -0.4 is 5.73 Å². The molecular formula is C8H11N3O. The van der Waals surface area contributed by atoms with Gasteiger partial charge in [0.15, 0.2) is 5.82 Å². The van der Waals surface area contributed by atoms with Crippen LogP contribution in [0.5, 0.6) is 0 Å². The van der Waals surface area contributed by atoms with Gasteiger partial charge in [-0.3, -0.25) is 0 Å². The number of nitrogens with two attached hydrogens (primary N) is 1. The molecule has 0 aliphatic carbocycles. The van der Waals surface area contributed by atoms with Gasteiger partial charge in [-0.05, 0) is 0 Å². The second-order valence-electron chi connectivity index (χ2n) is 2.42. The molecule has 1 aromatic rings. The van der Waals surface area contributed by atoms with Crippen molar-refractivity contribution in [3.8, 4) is 12.3 Å². The lowest BCUT2D eigenvalue weighted by Gasteiger charge is -1.98. The minimum atomic E-state index is -0.331. The average Bonchev–Trinajstić information content (AvgIpc) is 2.52. The molecule has 0 fully saturated rings. The van der Waals surface area contributed by atoms with E-state index in [2.05, 4.69) is 16.1 Å². The molecule has 0 bridgehead atoms. The molecule has 0 amide bonds. The summed E-state index contributed by atoms with van der Waals surface area (Å²) in [4.78, 5) is 4.05. The maximum absolute atomic E-state index is 5.63. The molecule has 1 unspecified atom stereocenters. The number of rotatable bonds is 3. The smallest absolute Gasteiger partial charge is 0.244 e. The fourth-order valence-electron chi connectivity index (χ4n) is 0.776. The molecule has 4 nitrogen and oxygen atoms in total. The summed E-state index contributed by atoms with van der Waals surface area (Å²) in [6.45, 7) is 1.95. The number of aryl methyl sites for hydroxylation is 1. The first-order valence-corrected chi connectivity index (χ1v) is 3.79. The molecular weight excluding hydrogens is 154 g/mol. The lowest BCUT2D eigenvalue weighted by molar-refractivity contribution is 0.352. The molecule has 0 saturated heterocycles. The van der Waals surface area contributed by atoms with E-state index in [0.717, 1.165) is 6.42 Å². The van der Waals surface area contributed by atoms with Crippen molar-refractivity contribution >= 4 is 0 Å². The van der Waals surface area contributed by atoms with Crippen LogP contribution in [0.15, 0.2) is 4.52 Å². The van der Waals surface area contributed by atoms with Crippen LogP contribution in [-0.4, -0.2) is 10.1 Å². The summed E-state index contributed by atoms with van der Waals surface area (Å²) in [6.07, 6.45) is 6.25. The van der Waals surface area contributed by atoms with Crippen molar-refractivity contribution in [2.45, 2.75) is 25.8 Å². The van der Waals surface area contributed by atoms with Gasteiger partial charge in [-0.25, -0.2) is 0 Å². The van der Waals surface area contributed by atoms with Crippen LogP contribution in [0.25, 0.3) is 0 Å². The molecule has 2 N–H and O–H groups in total. The van der Waals surface area contributed by atoms with Crippen molar-refractivity contribution in [3.05, 3.63) is 11.7 Å². The normalized spacial score (nSPS) is 12.4. The van der Waals surface area contributed by atoms with Crippen LogP contribution in [0.2, 0.25) is 0 Å². The molecule has 0 saturated carbocycles. The van der Waals surface area contributed by atoms with Gasteiger partial charge in [0.1, 0.15) is 0 Å². The summed E-state index contributed by atoms with van der Waals surface area (Å²) < 4.78 is 4.89. The topological polar surface area (TPSA) is 64.9 Å². The number of hydrogen-bond acceptors (Lipinski definition) is 4. The molecule has 0 aliphatic rings. The van der Waals surface area contributed by atoms with Crippen LogP contribution >= 0.6 is 0 Å². The van der Waals surface area contributed by atoms with E-state index in [-0.39, 0.29) is 6.04 Å². The Bertz CT molecular complexity index is 287. The molecule has 0 aliphatic heterocycles. The Labute approximate surface area is 71.1 Å². The molecule has 4 heteroatoms. The van der Waals surface area contributed by atoms with Crippen molar-refractivity contribution in [2.24, 2.45) is 5.73 Å². The molecule has 1 atom stereocenters. The van der Waals surface area contributed by atoms with Gasteiger partial charge >= 0.3 is 0 Å². The van der Waals surface area contributed by atoms with Crippen molar-refractivity contribution in [1.82, 2.24) is 10.1 Å².